The Kier molecular flexibility index (Phi) is 5.58. The van der Waals surface area contributed by atoms with Gasteiger partial charge in [0.1, 0.15) is 5.75 Å². The molecule has 0 heterocycles. The fraction of sp³-hybridized carbons (Fsp3) is 0.500. The van der Waals surface area contributed by atoms with E-state index in [1.54, 1.807) is 7.11 Å². The van der Waals surface area contributed by atoms with Gasteiger partial charge in [0, 0.05) is 4.90 Å². The quantitative estimate of drug-likeness (QED) is 0.545. The summed E-state index contributed by atoms with van der Waals surface area (Å²) >= 11 is 1.90. The summed E-state index contributed by atoms with van der Waals surface area (Å²) in [6, 6.07) is 8.24. The van der Waals surface area contributed by atoms with Gasteiger partial charge in [-0.15, -0.1) is 11.8 Å². The molecule has 0 spiro atoms. The molecule has 84 valence electrons. The summed E-state index contributed by atoms with van der Waals surface area (Å²) in [5.41, 5.74) is 0. The molecule has 0 saturated carbocycles. The maximum atomic E-state index is 5.11. The lowest BCUT2D eigenvalue weighted by Crippen LogP contribution is -2.13. The van der Waals surface area contributed by atoms with Crippen molar-refractivity contribution in [3.63, 3.8) is 0 Å². The first kappa shape index (κ1) is 12.4. The summed E-state index contributed by atoms with van der Waals surface area (Å²) < 4.78 is 5.11. The van der Waals surface area contributed by atoms with Crippen molar-refractivity contribution in [2.45, 2.75) is 11.3 Å². The Labute approximate surface area is 96.6 Å². The van der Waals surface area contributed by atoms with E-state index in [2.05, 4.69) is 31.1 Å². The predicted molar refractivity (Wildman–Crippen MR) is 66.9 cm³/mol. The SMILES string of the molecule is COc1ccc(SCCCN(C)C)cc1. The van der Waals surface area contributed by atoms with Crippen LogP contribution in [0.1, 0.15) is 6.42 Å². The van der Waals surface area contributed by atoms with Crippen molar-refractivity contribution in [2.24, 2.45) is 0 Å². The first-order valence-corrected chi connectivity index (χ1v) is 6.12. The maximum absolute atomic E-state index is 5.11. The number of nitrogens with zero attached hydrogens (tertiary/aromatic N) is 1. The topological polar surface area (TPSA) is 12.5 Å². The van der Waals surface area contributed by atoms with E-state index in [1.807, 2.05) is 23.9 Å². The molecular formula is C12H19NOS. The van der Waals surface area contributed by atoms with Crippen molar-refractivity contribution in [2.75, 3.05) is 33.5 Å². The van der Waals surface area contributed by atoms with E-state index in [4.69, 9.17) is 4.74 Å². The Morgan fingerprint density at radius 2 is 1.87 bits per heavy atom. The first-order chi connectivity index (χ1) is 7.22. The normalized spacial score (nSPS) is 10.7. The summed E-state index contributed by atoms with van der Waals surface area (Å²) in [4.78, 5) is 3.53. The Hall–Kier alpha value is -0.670. The van der Waals surface area contributed by atoms with Crippen LogP contribution in [0.2, 0.25) is 0 Å². The summed E-state index contributed by atoms with van der Waals surface area (Å²) in [6.07, 6.45) is 1.23. The van der Waals surface area contributed by atoms with Gasteiger partial charge >= 0.3 is 0 Å². The van der Waals surface area contributed by atoms with Gasteiger partial charge in [-0.05, 0) is 57.1 Å². The maximum Gasteiger partial charge on any atom is 0.118 e. The van der Waals surface area contributed by atoms with E-state index in [1.165, 1.54) is 17.1 Å². The van der Waals surface area contributed by atoms with Gasteiger partial charge in [0.25, 0.3) is 0 Å². The second-order valence-corrected chi connectivity index (χ2v) is 4.85. The molecule has 1 aromatic carbocycles. The van der Waals surface area contributed by atoms with Gasteiger partial charge in [0.05, 0.1) is 7.11 Å². The fourth-order valence-electron chi connectivity index (χ4n) is 1.24. The van der Waals surface area contributed by atoms with Gasteiger partial charge in [-0.1, -0.05) is 0 Å². The molecule has 0 aliphatic heterocycles. The molecule has 0 amide bonds. The zero-order valence-corrected chi connectivity index (χ0v) is 10.5. The third-order valence-corrected chi connectivity index (χ3v) is 3.18. The van der Waals surface area contributed by atoms with Crippen molar-refractivity contribution >= 4 is 11.8 Å². The van der Waals surface area contributed by atoms with Crippen molar-refractivity contribution in [3.05, 3.63) is 24.3 Å². The van der Waals surface area contributed by atoms with Crippen LogP contribution in [0.5, 0.6) is 5.75 Å². The number of ether oxygens (including phenoxy) is 1. The predicted octanol–water partition coefficient (Wildman–Crippen LogP) is 2.74. The highest BCUT2D eigenvalue weighted by Crippen LogP contribution is 2.21. The molecule has 0 aromatic heterocycles. The highest BCUT2D eigenvalue weighted by Gasteiger charge is 1.96. The number of benzene rings is 1. The number of thioether (sulfide) groups is 1. The molecule has 0 aliphatic carbocycles. The van der Waals surface area contributed by atoms with E-state index >= 15 is 0 Å². The lowest BCUT2D eigenvalue weighted by Gasteiger charge is -2.08. The third kappa shape index (κ3) is 5.09. The highest BCUT2D eigenvalue weighted by molar-refractivity contribution is 7.99. The molecule has 0 bridgehead atoms. The first-order valence-electron chi connectivity index (χ1n) is 5.14. The van der Waals surface area contributed by atoms with Crippen LogP contribution in [0.4, 0.5) is 0 Å². The number of rotatable bonds is 6. The number of methoxy groups -OCH3 is 1. The highest BCUT2D eigenvalue weighted by atomic mass is 32.2. The van der Waals surface area contributed by atoms with Gasteiger partial charge in [0.15, 0.2) is 0 Å². The molecule has 0 saturated heterocycles. The van der Waals surface area contributed by atoms with E-state index in [-0.39, 0.29) is 0 Å². The van der Waals surface area contributed by atoms with Crippen LogP contribution in [-0.4, -0.2) is 38.4 Å². The molecule has 0 atom stereocenters. The van der Waals surface area contributed by atoms with Crippen molar-refractivity contribution in [3.8, 4) is 5.75 Å². The average molecular weight is 225 g/mol. The monoisotopic (exact) mass is 225 g/mol. The lowest BCUT2D eigenvalue weighted by atomic mass is 10.3. The largest absolute Gasteiger partial charge is 0.497 e. The van der Waals surface area contributed by atoms with Crippen LogP contribution < -0.4 is 4.74 Å². The van der Waals surface area contributed by atoms with Gasteiger partial charge in [-0.2, -0.15) is 0 Å². The zero-order chi connectivity index (χ0) is 11.1. The Bertz CT molecular complexity index is 271. The molecular weight excluding hydrogens is 206 g/mol. The fourth-order valence-corrected chi connectivity index (χ4v) is 2.08. The van der Waals surface area contributed by atoms with E-state index in [9.17, 15) is 0 Å². The Morgan fingerprint density at radius 1 is 1.20 bits per heavy atom. The number of hydrogen-bond donors (Lipinski definition) is 0. The number of hydrogen-bond acceptors (Lipinski definition) is 3. The van der Waals surface area contributed by atoms with Crippen molar-refractivity contribution in [1.29, 1.82) is 0 Å². The summed E-state index contributed by atoms with van der Waals surface area (Å²) in [5, 5.41) is 0. The van der Waals surface area contributed by atoms with Crippen LogP contribution in [0.3, 0.4) is 0 Å². The molecule has 1 aromatic rings. The van der Waals surface area contributed by atoms with Gasteiger partial charge < -0.3 is 9.64 Å². The summed E-state index contributed by atoms with van der Waals surface area (Å²) in [5.74, 6) is 2.09. The molecule has 0 fully saturated rings. The average Bonchev–Trinajstić information content (AvgIpc) is 2.25. The molecule has 0 aliphatic rings. The molecule has 15 heavy (non-hydrogen) atoms. The lowest BCUT2D eigenvalue weighted by molar-refractivity contribution is 0.410. The Morgan fingerprint density at radius 3 is 2.40 bits per heavy atom. The van der Waals surface area contributed by atoms with E-state index < -0.39 is 0 Å². The van der Waals surface area contributed by atoms with Crippen LogP contribution in [0, 0.1) is 0 Å². The molecule has 0 unspecified atom stereocenters. The van der Waals surface area contributed by atoms with Crippen LogP contribution in [0.25, 0.3) is 0 Å². The third-order valence-electron chi connectivity index (χ3n) is 2.08. The van der Waals surface area contributed by atoms with E-state index in [0.29, 0.717) is 0 Å². The molecule has 3 heteroatoms. The van der Waals surface area contributed by atoms with Gasteiger partial charge in [0.2, 0.25) is 0 Å². The molecule has 0 N–H and O–H groups in total. The van der Waals surface area contributed by atoms with Crippen molar-refractivity contribution < 1.29 is 4.74 Å². The second kappa shape index (κ2) is 6.75. The standard InChI is InChI=1S/C12H19NOS/c1-13(2)9-4-10-15-12-7-5-11(14-3)6-8-12/h5-8H,4,9-10H2,1-3H3. The van der Waals surface area contributed by atoms with Crippen LogP contribution in [-0.2, 0) is 0 Å². The van der Waals surface area contributed by atoms with Gasteiger partial charge in [-0.25, -0.2) is 0 Å². The zero-order valence-electron chi connectivity index (χ0n) is 9.69. The minimum absolute atomic E-state index is 0.924. The molecule has 1 rings (SSSR count). The minimum Gasteiger partial charge on any atom is -0.497 e. The second-order valence-electron chi connectivity index (χ2n) is 3.68. The van der Waals surface area contributed by atoms with Crippen LogP contribution in [0.15, 0.2) is 29.2 Å². The minimum atomic E-state index is 0.924. The van der Waals surface area contributed by atoms with Gasteiger partial charge in [-0.3, -0.25) is 0 Å². The summed E-state index contributed by atoms with van der Waals surface area (Å²) in [7, 11) is 5.91. The summed E-state index contributed by atoms with van der Waals surface area (Å²) in [6.45, 7) is 1.16. The Balaban J connectivity index is 2.25. The smallest absolute Gasteiger partial charge is 0.118 e. The van der Waals surface area contributed by atoms with Crippen LogP contribution >= 0.6 is 11.8 Å². The molecule has 2 nitrogen and oxygen atoms in total. The van der Waals surface area contributed by atoms with Crippen molar-refractivity contribution in [1.82, 2.24) is 4.90 Å². The van der Waals surface area contributed by atoms with E-state index in [0.717, 1.165) is 12.3 Å². The molecule has 0 radical (unpaired) electrons.